The van der Waals surface area contributed by atoms with E-state index in [0.29, 0.717) is 5.75 Å². The van der Waals surface area contributed by atoms with Crippen molar-refractivity contribution in [3.05, 3.63) is 34.6 Å². The van der Waals surface area contributed by atoms with E-state index in [1.165, 1.54) is 30.8 Å². The summed E-state index contributed by atoms with van der Waals surface area (Å²) >= 11 is 6.96. The molecule has 1 amide bonds. The number of carbonyl (C=O) groups excluding carboxylic acids is 1. The van der Waals surface area contributed by atoms with Crippen LogP contribution in [-0.2, 0) is 15.3 Å². The van der Waals surface area contributed by atoms with Crippen molar-refractivity contribution in [3.8, 4) is 0 Å². The molecule has 1 aromatic rings. The minimum atomic E-state index is -1.08. The molecule has 0 heterocycles. The van der Waals surface area contributed by atoms with Gasteiger partial charge in [-0.3, -0.25) is 4.79 Å². The molecule has 1 atom stereocenters. The highest BCUT2D eigenvalue weighted by Gasteiger charge is 2.18. The molecule has 0 bridgehead atoms. The zero-order chi connectivity index (χ0) is 14.4. The third-order valence-electron chi connectivity index (χ3n) is 2.21. The fraction of sp³-hybridized carbons (Fsp3) is 0.333. The van der Waals surface area contributed by atoms with E-state index in [1.54, 1.807) is 6.07 Å². The molecule has 4 nitrogen and oxygen atoms in total. The quantitative estimate of drug-likeness (QED) is 0.846. The average molecular weight is 306 g/mol. The van der Waals surface area contributed by atoms with Gasteiger partial charge in [0, 0.05) is 18.4 Å². The van der Waals surface area contributed by atoms with E-state index >= 15 is 0 Å². The van der Waals surface area contributed by atoms with Crippen LogP contribution in [-0.4, -0.2) is 28.8 Å². The van der Waals surface area contributed by atoms with Crippen molar-refractivity contribution in [2.75, 3.05) is 5.75 Å². The summed E-state index contributed by atoms with van der Waals surface area (Å²) < 4.78 is 12.9. The highest BCUT2D eigenvalue weighted by molar-refractivity contribution is 7.98. The van der Waals surface area contributed by atoms with Gasteiger partial charge in [0.2, 0.25) is 5.91 Å². The molecule has 7 heteroatoms. The third kappa shape index (κ3) is 5.48. The number of benzene rings is 1. The maximum absolute atomic E-state index is 12.9. The molecule has 2 N–H and O–H groups in total. The number of hydrogen-bond acceptors (Lipinski definition) is 3. The lowest BCUT2D eigenvalue weighted by Crippen LogP contribution is -2.41. The molecule has 1 unspecified atom stereocenters. The normalized spacial score (nSPS) is 11.9. The Morgan fingerprint density at radius 2 is 2.21 bits per heavy atom. The number of nitrogens with one attached hydrogen (secondary N) is 1. The van der Waals surface area contributed by atoms with Gasteiger partial charge in [-0.2, -0.15) is 11.8 Å². The highest BCUT2D eigenvalue weighted by Crippen LogP contribution is 2.20. The van der Waals surface area contributed by atoms with Crippen molar-refractivity contribution < 1.29 is 19.1 Å². The van der Waals surface area contributed by atoms with Gasteiger partial charge in [0.15, 0.2) is 0 Å². The molecule has 19 heavy (non-hydrogen) atoms. The minimum absolute atomic E-state index is 0.0368. The Morgan fingerprint density at radius 3 is 2.74 bits per heavy atom. The molecule has 0 spiro atoms. The second kappa shape index (κ2) is 7.35. The molecule has 0 radical (unpaired) electrons. The van der Waals surface area contributed by atoms with Crippen molar-refractivity contribution >= 4 is 35.2 Å². The van der Waals surface area contributed by atoms with Crippen LogP contribution in [0.5, 0.6) is 0 Å². The largest absolute Gasteiger partial charge is 0.480 e. The van der Waals surface area contributed by atoms with Crippen LogP contribution in [0.4, 0.5) is 4.39 Å². The van der Waals surface area contributed by atoms with Gasteiger partial charge in [0.1, 0.15) is 11.9 Å². The minimum Gasteiger partial charge on any atom is -0.480 e. The maximum Gasteiger partial charge on any atom is 0.327 e. The van der Waals surface area contributed by atoms with E-state index in [9.17, 15) is 14.0 Å². The van der Waals surface area contributed by atoms with E-state index < -0.39 is 23.7 Å². The van der Waals surface area contributed by atoms with Crippen LogP contribution in [0, 0.1) is 5.82 Å². The van der Waals surface area contributed by atoms with Gasteiger partial charge in [-0.05, 0) is 17.7 Å². The van der Waals surface area contributed by atoms with Gasteiger partial charge in [-0.1, -0.05) is 17.7 Å². The van der Waals surface area contributed by atoms with E-state index in [4.69, 9.17) is 16.7 Å². The van der Waals surface area contributed by atoms with Gasteiger partial charge in [-0.15, -0.1) is 0 Å². The summed E-state index contributed by atoms with van der Waals surface area (Å²) in [7, 11) is 0. The number of thioether (sulfide) groups is 1. The predicted octanol–water partition coefficient (Wildman–Crippen LogP) is 2.30. The molecule has 0 aliphatic rings. The molecule has 0 saturated carbocycles. The monoisotopic (exact) mass is 305 g/mol. The Morgan fingerprint density at radius 1 is 1.53 bits per heavy atom. The van der Waals surface area contributed by atoms with Gasteiger partial charge in [0.25, 0.3) is 0 Å². The van der Waals surface area contributed by atoms with Crippen LogP contribution < -0.4 is 5.32 Å². The van der Waals surface area contributed by atoms with Crippen LogP contribution in [0.1, 0.15) is 12.5 Å². The first-order valence-corrected chi connectivity index (χ1v) is 6.95. The van der Waals surface area contributed by atoms with Gasteiger partial charge >= 0.3 is 5.97 Å². The Kier molecular flexibility index (Phi) is 6.11. The number of halogens is 2. The molecule has 1 rings (SSSR count). The van der Waals surface area contributed by atoms with Gasteiger partial charge in [-0.25, -0.2) is 9.18 Å². The Hall–Kier alpha value is -1.27. The smallest absolute Gasteiger partial charge is 0.327 e. The summed E-state index contributed by atoms with van der Waals surface area (Å²) in [5, 5.41) is 11.3. The first-order valence-electron chi connectivity index (χ1n) is 5.41. The standard InChI is InChI=1S/C12H13ClFNO3S/c1-7(16)15-11(12(17)18)6-19-5-8-2-3-10(14)9(13)4-8/h2-4,11H,5-6H2,1H3,(H,15,16)(H,17,18). The first-order chi connectivity index (χ1) is 8.90. The molecule has 0 aliphatic heterocycles. The number of aliphatic carboxylic acids is 1. The Labute approximate surface area is 119 Å². The summed E-state index contributed by atoms with van der Waals surface area (Å²) in [4.78, 5) is 21.7. The number of carboxylic acid groups (broad SMARTS) is 1. The molecule has 0 saturated heterocycles. The van der Waals surface area contributed by atoms with Crippen molar-refractivity contribution in [1.29, 1.82) is 0 Å². The number of carboxylic acids is 1. The van der Waals surface area contributed by atoms with Crippen LogP contribution in [0.15, 0.2) is 18.2 Å². The number of amides is 1. The number of carbonyl (C=O) groups is 2. The molecular formula is C12H13ClFNO3S. The number of hydrogen-bond donors (Lipinski definition) is 2. The fourth-order valence-electron chi connectivity index (χ4n) is 1.34. The summed E-state index contributed by atoms with van der Waals surface area (Å²) in [6.45, 7) is 1.26. The van der Waals surface area contributed by atoms with Crippen molar-refractivity contribution in [3.63, 3.8) is 0 Å². The second-order valence-electron chi connectivity index (χ2n) is 3.85. The van der Waals surface area contributed by atoms with E-state index in [1.807, 2.05) is 0 Å². The molecule has 104 valence electrons. The van der Waals surface area contributed by atoms with E-state index in [-0.39, 0.29) is 10.8 Å². The molecule has 0 aromatic heterocycles. The topological polar surface area (TPSA) is 66.4 Å². The highest BCUT2D eigenvalue weighted by atomic mass is 35.5. The lowest BCUT2D eigenvalue weighted by molar-refractivity contribution is -0.140. The van der Waals surface area contributed by atoms with Gasteiger partial charge in [0.05, 0.1) is 5.02 Å². The van der Waals surface area contributed by atoms with E-state index in [0.717, 1.165) is 5.56 Å². The Balaban J connectivity index is 2.49. The lowest BCUT2D eigenvalue weighted by atomic mass is 10.2. The molecule has 0 fully saturated rings. The predicted molar refractivity (Wildman–Crippen MR) is 72.8 cm³/mol. The van der Waals surface area contributed by atoms with Crippen molar-refractivity contribution in [1.82, 2.24) is 5.32 Å². The van der Waals surface area contributed by atoms with Crippen molar-refractivity contribution in [2.45, 2.75) is 18.7 Å². The average Bonchev–Trinajstić information content (AvgIpc) is 2.31. The first kappa shape index (κ1) is 15.8. The second-order valence-corrected chi connectivity index (χ2v) is 5.29. The van der Waals surface area contributed by atoms with Gasteiger partial charge < -0.3 is 10.4 Å². The van der Waals surface area contributed by atoms with Crippen LogP contribution >= 0.6 is 23.4 Å². The SMILES string of the molecule is CC(=O)NC(CSCc1ccc(F)c(Cl)c1)C(=O)O. The van der Waals surface area contributed by atoms with Crippen LogP contribution in [0.2, 0.25) is 5.02 Å². The van der Waals surface area contributed by atoms with E-state index in [2.05, 4.69) is 5.32 Å². The van der Waals surface area contributed by atoms with Crippen LogP contribution in [0.25, 0.3) is 0 Å². The Bertz CT molecular complexity index is 484. The van der Waals surface area contributed by atoms with Crippen molar-refractivity contribution in [2.24, 2.45) is 0 Å². The molecule has 1 aromatic carbocycles. The summed E-state index contributed by atoms with van der Waals surface area (Å²) in [5.41, 5.74) is 0.795. The maximum atomic E-state index is 12.9. The fourth-order valence-corrected chi connectivity index (χ4v) is 2.54. The summed E-state index contributed by atoms with van der Waals surface area (Å²) in [5.74, 6) is -1.25. The zero-order valence-electron chi connectivity index (χ0n) is 10.2. The summed E-state index contributed by atoms with van der Waals surface area (Å²) in [6.07, 6.45) is 0. The summed E-state index contributed by atoms with van der Waals surface area (Å²) in [6, 6.07) is 3.42. The van der Waals surface area contributed by atoms with Crippen LogP contribution in [0.3, 0.4) is 0 Å². The lowest BCUT2D eigenvalue weighted by Gasteiger charge is -2.12. The number of rotatable bonds is 6. The molecule has 0 aliphatic carbocycles. The third-order valence-corrected chi connectivity index (χ3v) is 3.61. The molecular weight excluding hydrogens is 293 g/mol. The zero-order valence-corrected chi connectivity index (χ0v) is 11.7.